The Labute approximate surface area is 151 Å². The molecule has 3 rings (SSSR count). The van der Waals surface area contributed by atoms with Crippen LogP contribution in [0.25, 0.3) is 11.2 Å². The maximum atomic E-state index is 12.0. The zero-order valence-electron chi connectivity index (χ0n) is 14.6. The van der Waals surface area contributed by atoms with Crippen molar-refractivity contribution in [1.29, 1.82) is 0 Å². The molecule has 0 atom stereocenters. The van der Waals surface area contributed by atoms with Gasteiger partial charge >= 0.3 is 0 Å². The Hall–Kier alpha value is -2.28. The van der Waals surface area contributed by atoms with E-state index in [9.17, 15) is 4.79 Å². The summed E-state index contributed by atoms with van der Waals surface area (Å²) in [6.45, 7) is 5.34. The zero-order chi connectivity index (χ0) is 17.6. The highest BCUT2D eigenvalue weighted by molar-refractivity contribution is 7.13. The van der Waals surface area contributed by atoms with Crippen LogP contribution in [0.15, 0.2) is 29.9 Å². The van der Waals surface area contributed by atoms with E-state index < -0.39 is 0 Å². The maximum Gasteiger partial charge on any atom is 0.226 e. The van der Waals surface area contributed by atoms with Gasteiger partial charge in [0.25, 0.3) is 0 Å². The van der Waals surface area contributed by atoms with E-state index in [2.05, 4.69) is 33.7 Å². The topological polar surface area (TPSA) is 72.7 Å². The summed E-state index contributed by atoms with van der Waals surface area (Å²) in [6.07, 6.45) is 6.55. The van der Waals surface area contributed by atoms with Gasteiger partial charge < -0.3 is 9.88 Å². The molecule has 0 aliphatic carbocycles. The first kappa shape index (κ1) is 17.5. The van der Waals surface area contributed by atoms with Gasteiger partial charge in [-0.25, -0.2) is 15.0 Å². The van der Waals surface area contributed by atoms with Crippen molar-refractivity contribution >= 4 is 33.5 Å². The van der Waals surface area contributed by atoms with Gasteiger partial charge in [0.15, 0.2) is 10.8 Å². The van der Waals surface area contributed by atoms with Gasteiger partial charge in [-0.1, -0.05) is 13.8 Å². The van der Waals surface area contributed by atoms with Crippen LogP contribution < -0.4 is 5.32 Å². The molecule has 1 amide bonds. The minimum atomic E-state index is -0.00193. The fourth-order valence-corrected chi connectivity index (χ4v) is 3.24. The van der Waals surface area contributed by atoms with Crippen molar-refractivity contribution in [1.82, 2.24) is 19.5 Å². The predicted octanol–water partition coefficient (Wildman–Crippen LogP) is 3.90. The standard InChI is InChI=1S/C18H23N5OS/c1-13(2)8-11-23-15(21-14-5-4-9-19-17(14)23)6-3-7-16(24)22-18-20-10-12-25-18/h4-5,9-10,12-13H,3,6-8,11H2,1-2H3,(H,20,22,24). The summed E-state index contributed by atoms with van der Waals surface area (Å²) in [5.41, 5.74) is 1.86. The molecule has 0 saturated carbocycles. The lowest BCUT2D eigenvalue weighted by atomic mass is 10.1. The van der Waals surface area contributed by atoms with Gasteiger partial charge in [0.2, 0.25) is 5.91 Å². The molecule has 0 saturated heterocycles. The van der Waals surface area contributed by atoms with Crippen molar-refractivity contribution < 1.29 is 4.79 Å². The van der Waals surface area contributed by atoms with Crippen LogP contribution in [0.2, 0.25) is 0 Å². The molecule has 25 heavy (non-hydrogen) atoms. The number of nitrogens with one attached hydrogen (secondary N) is 1. The van der Waals surface area contributed by atoms with Crippen LogP contribution in [0.3, 0.4) is 0 Å². The number of imidazole rings is 1. The average Bonchev–Trinajstić information content (AvgIpc) is 3.20. The van der Waals surface area contributed by atoms with E-state index in [-0.39, 0.29) is 5.91 Å². The molecular formula is C18H23N5OS. The van der Waals surface area contributed by atoms with Crippen LogP contribution in [0.1, 0.15) is 38.9 Å². The summed E-state index contributed by atoms with van der Waals surface area (Å²) >= 11 is 1.43. The largest absolute Gasteiger partial charge is 0.313 e. The summed E-state index contributed by atoms with van der Waals surface area (Å²) in [6, 6.07) is 3.90. The van der Waals surface area contributed by atoms with Gasteiger partial charge in [-0.3, -0.25) is 4.79 Å². The summed E-state index contributed by atoms with van der Waals surface area (Å²) in [5, 5.41) is 5.32. The van der Waals surface area contributed by atoms with Crippen LogP contribution in [-0.4, -0.2) is 25.4 Å². The van der Waals surface area contributed by atoms with E-state index in [0.29, 0.717) is 17.5 Å². The molecule has 0 aliphatic rings. The van der Waals surface area contributed by atoms with E-state index in [0.717, 1.165) is 42.8 Å². The minimum Gasteiger partial charge on any atom is -0.313 e. The number of pyridine rings is 1. The molecule has 132 valence electrons. The Kier molecular flexibility index (Phi) is 5.75. The highest BCUT2D eigenvalue weighted by atomic mass is 32.1. The second kappa shape index (κ2) is 8.20. The lowest BCUT2D eigenvalue weighted by molar-refractivity contribution is -0.116. The molecule has 0 unspecified atom stereocenters. The number of rotatable bonds is 8. The molecule has 3 aromatic heterocycles. The number of aromatic nitrogens is 4. The summed E-state index contributed by atoms with van der Waals surface area (Å²) in [7, 11) is 0. The van der Waals surface area contributed by atoms with Crippen LogP contribution in [-0.2, 0) is 17.8 Å². The molecule has 7 heteroatoms. The third-order valence-corrected chi connectivity index (χ3v) is 4.68. The molecule has 0 fully saturated rings. The van der Waals surface area contributed by atoms with E-state index in [1.54, 1.807) is 12.4 Å². The Morgan fingerprint density at radius 3 is 2.96 bits per heavy atom. The van der Waals surface area contributed by atoms with E-state index >= 15 is 0 Å². The molecule has 0 aliphatic heterocycles. The predicted molar refractivity (Wildman–Crippen MR) is 101 cm³/mol. The SMILES string of the molecule is CC(C)CCn1c(CCCC(=O)Nc2nccs2)nc2cccnc21. The minimum absolute atomic E-state index is 0.00193. The number of nitrogens with zero attached hydrogens (tertiary/aromatic N) is 4. The Morgan fingerprint density at radius 2 is 2.20 bits per heavy atom. The number of hydrogen-bond donors (Lipinski definition) is 1. The Balaban J connectivity index is 1.63. The quantitative estimate of drug-likeness (QED) is 0.664. The van der Waals surface area contributed by atoms with Crippen molar-refractivity contribution in [3.8, 4) is 0 Å². The molecule has 3 aromatic rings. The monoisotopic (exact) mass is 357 g/mol. The van der Waals surface area contributed by atoms with Crippen molar-refractivity contribution in [3.63, 3.8) is 0 Å². The fourth-order valence-electron chi connectivity index (χ4n) is 2.69. The van der Waals surface area contributed by atoms with Gasteiger partial charge in [-0.2, -0.15) is 0 Å². The number of fused-ring (bicyclic) bond motifs is 1. The summed E-state index contributed by atoms with van der Waals surface area (Å²) in [4.78, 5) is 25.3. The smallest absolute Gasteiger partial charge is 0.226 e. The lowest BCUT2D eigenvalue weighted by Gasteiger charge is -2.10. The number of thiazole rings is 1. The van der Waals surface area contributed by atoms with Crippen LogP contribution >= 0.6 is 11.3 Å². The number of carbonyl (C=O) groups excluding carboxylic acids is 1. The van der Waals surface area contributed by atoms with Crippen molar-refractivity contribution in [3.05, 3.63) is 35.7 Å². The molecule has 0 spiro atoms. The van der Waals surface area contributed by atoms with Gasteiger partial charge in [0.1, 0.15) is 11.3 Å². The van der Waals surface area contributed by atoms with Gasteiger partial charge in [-0.05, 0) is 30.9 Å². The first-order valence-electron chi connectivity index (χ1n) is 8.63. The molecule has 0 radical (unpaired) electrons. The normalized spacial score (nSPS) is 11.3. The number of carbonyl (C=O) groups is 1. The second-order valence-electron chi connectivity index (χ2n) is 6.45. The Morgan fingerprint density at radius 1 is 1.32 bits per heavy atom. The van der Waals surface area contributed by atoms with Crippen LogP contribution in [0, 0.1) is 5.92 Å². The number of amides is 1. The second-order valence-corrected chi connectivity index (χ2v) is 7.34. The van der Waals surface area contributed by atoms with Gasteiger partial charge in [0.05, 0.1) is 0 Å². The molecule has 6 nitrogen and oxygen atoms in total. The maximum absolute atomic E-state index is 12.0. The van der Waals surface area contributed by atoms with Crippen molar-refractivity contribution in [2.45, 2.75) is 46.1 Å². The lowest BCUT2D eigenvalue weighted by Crippen LogP contribution is -2.12. The van der Waals surface area contributed by atoms with Gasteiger partial charge in [-0.15, -0.1) is 11.3 Å². The first-order valence-corrected chi connectivity index (χ1v) is 9.51. The van der Waals surface area contributed by atoms with Crippen molar-refractivity contribution in [2.75, 3.05) is 5.32 Å². The van der Waals surface area contributed by atoms with E-state index in [1.165, 1.54) is 11.3 Å². The Bertz CT molecular complexity index is 825. The third-order valence-electron chi connectivity index (χ3n) is 4.00. The number of hydrogen-bond acceptors (Lipinski definition) is 5. The van der Waals surface area contributed by atoms with Crippen LogP contribution in [0.5, 0.6) is 0 Å². The molecular weight excluding hydrogens is 334 g/mol. The number of anilines is 1. The number of aryl methyl sites for hydroxylation is 2. The van der Waals surface area contributed by atoms with E-state index in [1.807, 2.05) is 17.5 Å². The molecule has 1 N–H and O–H groups in total. The molecule has 3 heterocycles. The highest BCUT2D eigenvalue weighted by Crippen LogP contribution is 2.18. The highest BCUT2D eigenvalue weighted by Gasteiger charge is 2.13. The molecule has 0 bridgehead atoms. The van der Waals surface area contributed by atoms with E-state index in [4.69, 9.17) is 4.98 Å². The third kappa shape index (κ3) is 4.63. The van der Waals surface area contributed by atoms with Crippen molar-refractivity contribution in [2.24, 2.45) is 5.92 Å². The summed E-state index contributed by atoms with van der Waals surface area (Å²) < 4.78 is 2.20. The average molecular weight is 357 g/mol. The summed E-state index contributed by atoms with van der Waals surface area (Å²) in [5.74, 6) is 1.63. The van der Waals surface area contributed by atoms with Crippen LogP contribution in [0.4, 0.5) is 5.13 Å². The zero-order valence-corrected chi connectivity index (χ0v) is 15.4. The molecule has 0 aromatic carbocycles. The first-order chi connectivity index (χ1) is 12.1. The van der Waals surface area contributed by atoms with Gasteiger partial charge in [0, 0.05) is 37.2 Å². The fraction of sp³-hybridized carbons (Fsp3) is 0.444.